The van der Waals surface area contributed by atoms with Crippen LogP contribution in [0, 0.1) is 0 Å². The van der Waals surface area contributed by atoms with E-state index in [1.807, 2.05) is 19.1 Å². The molecule has 0 amide bonds. The highest BCUT2D eigenvalue weighted by Crippen LogP contribution is 2.19. The van der Waals surface area contributed by atoms with Crippen LogP contribution in [0.25, 0.3) is 0 Å². The summed E-state index contributed by atoms with van der Waals surface area (Å²) in [6, 6.07) is 8.28. The molecule has 0 fully saturated rings. The number of aryl methyl sites for hydroxylation is 1. The molecule has 18 heavy (non-hydrogen) atoms. The zero-order valence-electron chi connectivity index (χ0n) is 12.0. The second kappa shape index (κ2) is 9.16. The van der Waals surface area contributed by atoms with Crippen molar-refractivity contribution in [2.45, 2.75) is 71.3 Å². The molecule has 0 saturated heterocycles. The maximum absolute atomic E-state index is 9.70. The molecule has 0 heterocycles. The Morgan fingerprint density at radius 1 is 0.944 bits per heavy atom. The number of unbranched alkanes of at least 4 members (excludes halogenated alkanes) is 6. The van der Waals surface area contributed by atoms with Gasteiger partial charge in [0.05, 0.1) is 6.10 Å². The summed E-state index contributed by atoms with van der Waals surface area (Å²) in [4.78, 5) is 0. The highest BCUT2D eigenvalue weighted by molar-refractivity contribution is 5.28. The molecule has 1 rings (SSSR count). The summed E-state index contributed by atoms with van der Waals surface area (Å²) < 4.78 is 0. The Labute approximate surface area is 112 Å². The zero-order valence-corrected chi connectivity index (χ0v) is 12.0. The van der Waals surface area contributed by atoms with E-state index >= 15 is 0 Å². The average Bonchev–Trinajstić information content (AvgIpc) is 2.38. The first-order valence-corrected chi connectivity index (χ1v) is 7.51. The molecule has 1 nitrogen and oxygen atoms in total. The molecular formula is C17H28O. The van der Waals surface area contributed by atoms with Crippen molar-refractivity contribution in [1.29, 1.82) is 0 Å². The first-order valence-electron chi connectivity index (χ1n) is 7.51. The fraction of sp³-hybridized carbons (Fsp3) is 0.647. The maximum Gasteiger partial charge on any atom is 0.0764 e. The predicted molar refractivity (Wildman–Crippen MR) is 78.8 cm³/mol. The third kappa shape index (κ3) is 5.68. The Kier molecular flexibility index (Phi) is 7.75. The lowest BCUT2D eigenvalue weighted by Crippen LogP contribution is -1.98. The van der Waals surface area contributed by atoms with Crippen molar-refractivity contribution in [3.05, 3.63) is 35.4 Å². The van der Waals surface area contributed by atoms with Crippen LogP contribution in [0.4, 0.5) is 0 Å². The van der Waals surface area contributed by atoms with Crippen molar-refractivity contribution >= 4 is 0 Å². The third-order valence-electron chi connectivity index (χ3n) is 3.55. The van der Waals surface area contributed by atoms with E-state index in [0.717, 1.165) is 12.0 Å². The van der Waals surface area contributed by atoms with Crippen LogP contribution in [0.3, 0.4) is 0 Å². The molecule has 1 aromatic carbocycles. The summed E-state index contributed by atoms with van der Waals surface area (Å²) in [6.45, 7) is 4.11. The fourth-order valence-corrected chi connectivity index (χ4v) is 2.44. The Hall–Kier alpha value is -0.820. The van der Waals surface area contributed by atoms with Crippen LogP contribution in [0.15, 0.2) is 24.3 Å². The SMILES string of the molecule is CCCCCCCCCc1ccccc1C(C)O. The summed E-state index contributed by atoms with van der Waals surface area (Å²) in [5.41, 5.74) is 2.42. The van der Waals surface area contributed by atoms with Gasteiger partial charge in [0.2, 0.25) is 0 Å². The number of hydrogen-bond acceptors (Lipinski definition) is 1. The van der Waals surface area contributed by atoms with E-state index in [2.05, 4.69) is 19.1 Å². The summed E-state index contributed by atoms with van der Waals surface area (Å²) in [6.07, 6.45) is 10.2. The highest BCUT2D eigenvalue weighted by Gasteiger charge is 2.06. The molecule has 0 spiro atoms. The van der Waals surface area contributed by atoms with Crippen LogP contribution in [-0.4, -0.2) is 5.11 Å². The van der Waals surface area contributed by atoms with E-state index in [1.165, 1.54) is 50.5 Å². The molecule has 1 unspecified atom stereocenters. The monoisotopic (exact) mass is 248 g/mol. The van der Waals surface area contributed by atoms with E-state index in [4.69, 9.17) is 0 Å². The smallest absolute Gasteiger partial charge is 0.0764 e. The van der Waals surface area contributed by atoms with E-state index in [0.29, 0.717) is 0 Å². The standard InChI is InChI=1S/C17H28O/c1-3-4-5-6-7-8-9-12-16-13-10-11-14-17(16)15(2)18/h10-11,13-15,18H,3-9,12H2,1-2H3. The maximum atomic E-state index is 9.70. The van der Waals surface area contributed by atoms with Gasteiger partial charge in [0.15, 0.2) is 0 Å². The summed E-state index contributed by atoms with van der Waals surface area (Å²) in [7, 11) is 0. The van der Waals surface area contributed by atoms with Gasteiger partial charge in [0, 0.05) is 0 Å². The molecule has 0 aliphatic carbocycles. The van der Waals surface area contributed by atoms with E-state index in [9.17, 15) is 5.11 Å². The molecule has 0 aliphatic heterocycles. The first-order chi connectivity index (χ1) is 8.75. The van der Waals surface area contributed by atoms with Crippen LogP contribution in [0.5, 0.6) is 0 Å². The Morgan fingerprint density at radius 3 is 2.22 bits per heavy atom. The molecule has 1 N–H and O–H groups in total. The summed E-state index contributed by atoms with van der Waals surface area (Å²) in [5, 5.41) is 9.70. The Morgan fingerprint density at radius 2 is 1.56 bits per heavy atom. The molecule has 0 radical (unpaired) electrons. The van der Waals surface area contributed by atoms with Crippen molar-refractivity contribution in [3.63, 3.8) is 0 Å². The topological polar surface area (TPSA) is 20.2 Å². The number of hydrogen-bond donors (Lipinski definition) is 1. The van der Waals surface area contributed by atoms with E-state index in [-0.39, 0.29) is 6.10 Å². The first kappa shape index (κ1) is 15.2. The van der Waals surface area contributed by atoms with E-state index in [1.54, 1.807) is 0 Å². The second-order valence-corrected chi connectivity index (χ2v) is 5.25. The number of aliphatic hydroxyl groups is 1. The number of rotatable bonds is 9. The molecule has 102 valence electrons. The van der Waals surface area contributed by atoms with Gasteiger partial charge in [-0.1, -0.05) is 69.7 Å². The van der Waals surface area contributed by atoms with Gasteiger partial charge in [-0.3, -0.25) is 0 Å². The van der Waals surface area contributed by atoms with Gasteiger partial charge in [-0.2, -0.15) is 0 Å². The number of benzene rings is 1. The third-order valence-corrected chi connectivity index (χ3v) is 3.55. The number of aliphatic hydroxyl groups excluding tert-OH is 1. The lowest BCUT2D eigenvalue weighted by molar-refractivity contribution is 0.198. The van der Waals surface area contributed by atoms with Gasteiger partial charge < -0.3 is 5.11 Å². The second-order valence-electron chi connectivity index (χ2n) is 5.25. The van der Waals surface area contributed by atoms with Gasteiger partial charge in [-0.05, 0) is 30.9 Å². The van der Waals surface area contributed by atoms with Crippen LogP contribution in [0.1, 0.15) is 76.0 Å². The van der Waals surface area contributed by atoms with Crippen molar-refractivity contribution < 1.29 is 5.11 Å². The van der Waals surface area contributed by atoms with Crippen LogP contribution in [0.2, 0.25) is 0 Å². The van der Waals surface area contributed by atoms with Crippen LogP contribution >= 0.6 is 0 Å². The van der Waals surface area contributed by atoms with Crippen molar-refractivity contribution in [1.82, 2.24) is 0 Å². The summed E-state index contributed by atoms with van der Waals surface area (Å²) in [5.74, 6) is 0. The minimum atomic E-state index is -0.342. The fourth-order valence-electron chi connectivity index (χ4n) is 2.44. The summed E-state index contributed by atoms with van der Waals surface area (Å²) >= 11 is 0. The average molecular weight is 248 g/mol. The lowest BCUT2D eigenvalue weighted by Gasteiger charge is -2.11. The molecule has 0 aliphatic rings. The van der Waals surface area contributed by atoms with Gasteiger partial charge >= 0.3 is 0 Å². The molecule has 1 aromatic rings. The van der Waals surface area contributed by atoms with Crippen LogP contribution < -0.4 is 0 Å². The normalized spacial score (nSPS) is 12.6. The molecule has 1 heteroatoms. The minimum absolute atomic E-state index is 0.342. The van der Waals surface area contributed by atoms with Gasteiger partial charge in [0.1, 0.15) is 0 Å². The van der Waals surface area contributed by atoms with Gasteiger partial charge in [-0.25, -0.2) is 0 Å². The van der Waals surface area contributed by atoms with Crippen molar-refractivity contribution in [2.75, 3.05) is 0 Å². The molecule has 0 aromatic heterocycles. The van der Waals surface area contributed by atoms with Crippen molar-refractivity contribution in [2.24, 2.45) is 0 Å². The highest BCUT2D eigenvalue weighted by atomic mass is 16.3. The molecule has 1 atom stereocenters. The molecule has 0 saturated carbocycles. The quantitative estimate of drug-likeness (QED) is 0.607. The lowest BCUT2D eigenvalue weighted by atomic mass is 9.98. The Balaban J connectivity index is 2.23. The van der Waals surface area contributed by atoms with Gasteiger partial charge in [-0.15, -0.1) is 0 Å². The predicted octanol–water partition coefficient (Wildman–Crippen LogP) is 5.03. The van der Waals surface area contributed by atoms with Crippen molar-refractivity contribution in [3.8, 4) is 0 Å². The van der Waals surface area contributed by atoms with Gasteiger partial charge in [0.25, 0.3) is 0 Å². The largest absolute Gasteiger partial charge is 0.389 e. The minimum Gasteiger partial charge on any atom is -0.389 e. The van der Waals surface area contributed by atoms with Crippen LogP contribution in [-0.2, 0) is 6.42 Å². The Bertz CT molecular complexity index is 317. The van der Waals surface area contributed by atoms with E-state index < -0.39 is 0 Å². The molecule has 0 bridgehead atoms. The zero-order chi connectivity index (χ0) is 13.2. The molecular weight excluding hydrogens is 220 g/mol.